The molecular weight excluding hydrogens is 330 g/mol. The predicted octanol–water partition coefficient (Wildman–Crippen LogP) is 3.75. The Morgan fingerprint density at radius 2 is 1.84 bits per heavy atom. The highest BCUT2D eigenvalue weighted by atomic mass is 32.1. The van der Waals surface area contributed by atoms with Crippen LogP contribution in [-0.4, -0.2) is 16.5 Å². The second kappa shape index (κ2) is 6.24. The Bertz CT molecular complexity index is 956. The number of hydrogen-bond acceptors (Lipinski definition) is 4. The van der Waals surface area contributed by atoms with Gasteiger partial charge in [-0.25, -0.2) is 9.97 Å². The number of rotatable bonds is 3. The highest BCUT2D eigenvalue weighted by molar-refractivity contribution is 7.18. The number of oxazole rings is 1. The summed E-state index contributed by atoms with van der Waals surface area (Å²) in [5, 5.41) is 1.26. The van der Waals surface area contributed by atoms with Gasteiger partial charge >= 0.3 is 0 Å². The van der Waals surface area contributed by atoms with E-state index >= 15 is 0 Å². The van der Waals surface area contributed by atoms with Crippen molar-refractivity contribution in [2.24, 2.45) is 0 Å². The topological polar surface area (TPSA) is 43.4 Å². The molecule has 1 N–H and O–H groups in total. The third-order valence-electron chi connectivity index (χ3n) is 5.06. The van der Waals surface area contributed by atoms with E-state index in [-0.39, 0.29) is 0 Å². The number of nitrogens with one attached hydrogen (secondary N) is 1. The summed E-state index contributed by atoms with van der Waals surface area (Å²) in [6.07, 6.45) is 3.73. The van der Waals surface area contributed by atoms with Crippen molar-refractivity contribution >= 4 is 32.7 Å². The van der Waals surface area contributed by atoms with E-state index in [9.17, 15) is 0 Å². The summed E-state index contributed by atoms with van der Waals surface area (Å²) >= 11 is 1.84. The van der Waals surface area contributed by atoms with Crippen LogP contribution in [0.5, 0.6) is 0 Å². The van der Waals surface area contributed by atoms with Crippen molar-refractivity contribution in [3.63, 3.8) is 0 Å². The molecule has 3 heterocycles. The van der Waals surface area contributed by atoms with E-state index in [4.69, 9.17) is 9.40 Å². The molecule has 2 atom stereocenters. The van der Waals surface area contributed by atoms with Gasteiger partial charge in [0.05, 0.1) is 16.8 Å². The van der Waals surface area contributed by atoms with Gasteiger partial charge in [-0.05, 0) is 37.1 Å². The maximum absolute atomic E-state index is 5.96. The maximum atomic E-state index is 5.96. The van der Waals surface area contributed by atoms with E-state index in [1.165, 1.54) is 33.9 Å². The van der Waals surface area contributed by atoms with E-state index in [2.05, 4.69) is 29.2 Å². The van der Waals surface area contributed by atoms with Crippen molar-refractivity contribution in [2.75, 3.05) is 6.54 Å². The monoisotopic (exact) mass is 350 g/mol. The third kappa shape index (κ3) is 2.83. The van der Waals surface area contributed by atoms with Crippen molar-refractivity contribution in [1.29, 1.82) is 0 Å². The minimum atomic E-state index is 0.446. The highest BCUT2D eigenvalue weighted by Crippen LogP contribution is 2.29. The summed E-state index contributed by atoms with van der Waals surface area (Å²) in [6.45, 7) is 1.98. The van der Waals surface area contributed by atoms with E-state index in [1.807, 2.05) is 35.6 Å². The van der Waals surface area contributed by atoms with Crippen LogP contribution in [0, 0.1) is 0 Å². The molecule has 1 aliphatic rings. The Labute approximate surface area is 150 Å². The Hall–Kier alpha value is -2.24. The molecule has 0 aliphatic carbocycles. The third-order valence-corrected chi connectivity index (χ3v) is 6.21. The molecule has 2 aromatic carbocycles. The lowest BCUT2D eigenvalue weighted by Crippen LogP contribution is -3.11. The van der Waals surface area contributed by atoms with Crippen LogP contribution < -0.4 is 4.90 Å². The van der Waals surface area contributed by atoms with Crippen molar-refractivity contribution in [3.8, 4) is 0 Å². The molecule has 5 rings (SSSR count). The fourth-order valence-corrected chi connectivity index (χ4v) is 4.98. The van der Waals surface area contributed by atoms with Crippen LogP contribution in [0.15, 0.2) is 52.9 Å². The Balaban J connectivity index is 1.45. The van der Waals surface area contributed by atoms with E-state index in [0.29, 0.717) is 6.04 Å². The molecule has 1 saturated heterocycles. The Kier molecular flexibility index (Phi) is 3.76. The first-order valence-electron chi connectivity index (χ1n) is 8.91. The molecule has 25 heavy (non-hydrogen) atoms. The minimum Gasteiger partial charge on any atom is -0.435 e. The molecule has 1 aliphatic heterocycles. The van der Waals surface area contributed by atoms with Gasteiger partial charge in [-0.3, -0.25) is 0 Å². The average molecular weight is 350 g/mol. The summed E-state index contributed by atoms with van der Waals surface area (Å²) in [5.41, 5.74) is 2.95. The number of nitrogens with zero attached hydrogens (tertiary/aromatic N) is 2. The van der Waals surface area contributed by atoms with Gasteiger partial charge in [0, 0.05) is 6.42 Å². The van der Waals surface area contributed by atoms with E-state index in [1.54, 1.807) is 0 Å². The van der Waals surface area contributed by atoms with E-state index < -0.39 is 0 Å². The van der Waals surface area contributed by atoms with Crippen LogP contribution in [0.25, 0.3) is 21.3 Å². The lowest BCUT2D eigenvalue weighted by molar-refractivity contribution is -0.951. The van der Waals surface area contributed by atoms with Crippen LogP contribution in [0.2, 0.25) is 0 Å². The van der Waals surface area contributed by atoms with Crippen LogP contribution in [0.1, 0.15) is 36.2 Å². The first-order valence-corrected chi connectivity index (χ1v) is 9.73. The maximum Gasteiger partial charge on any atom is 0.251 e. The molecule has 2 aromatic heterocycles. The lowest BCUT2D eigenvalue weighted by Gasteiger charge is -2.30. The largest absolute Gasteiger partial charge is 0.435 e. The molecule has 1 unspecified atom stereocenters. The number of fused-ring (bicyclic) bond motifs is 2. The van der Waals surface area contributed by atoms with Crippen LogP contribution in [0.4, 0.5) is 0 Å². The van der Waals surface area contributed by atoms with Gasteiger partial charge in [-0.15, -0.1) is 11.3 Å². The molecule has 0 amide bonds. The number of quaternary nitrogens is 1. The number of aromatic nitrogens is 2. The van der Waals surface area contributed by atoms with Gasteiger partial charge in [-0.2, -0.15) is 0 Å². The summed E-state index contributed by atoms with van der Waals surface area (Å²) in [5.74, 6) is 0.837. The number of likely N-dealkylation sites (tertiary alicyclic amines) is 1. The summed E-state index contributed by atoms with van der Waals surface area (Å²) in [7, 11) is 0. The smallest absolute Gasteiger partial charge is 0.251 e. The quantitative estimate of drug-likeness (QED) is 0.612. The van der Waals surface area contributed by atoms with Crippen LogP contribution in [0.3, 0.4) is 0 Å². The molecule has 126 valence electrons. The standard InChI is InChI=1S/C20H19N3OS/c1-3-10-17-14(7-1)21-19(24-17)13-23-12-6-5-9-16(23)20-22-15-8-2-4-11-18(15)25-20/h1-4,7-8,10-11,16H,5-6,9,12-13H2/p+1/t16-/m0/s1. The van der Waals surface area contributed by atoms with Gasteiger partial charge in [-0.1, -0.05) is 24.3 Å². The average Bonchev–Trinajstić information content (AvgIpc) is 3.25. The lowest BCUT2D eigenvalue weighted by atomic mass is 10.0. The van der Waals surface area contributed by atoms with Crippen molar-refractivity contribution in [3.05, 3.63) is 59.4 Å². The second-order valence-corrected chi connectivity index (χ2v) is 7.79. The first kappa shape index (κ1) is 15.0. The molecule has 4 aromatic rings. The summed E-state index contributed by atoms with van der Waals surface area (Å²) < 4.78 is 7.25. The fraction of sp³-hybridized carbons (Fsp3) is 0.300. The number of para-hydroxylation sites is 3. The molecule has 4 nitrogen and oxygen atoms in total. The van der Waals surface area contributed by atoms with Gasteiger partial charge in [0.15, 0.2) is 17.1 Å². The van der Waals surface area contributed by atoms with Gasteiger partial charge in [0.2, 0.25) is 0 Å². The van der Waals surface area contributed by atoms with Gasteiger partial charge in [0.1, 0.15) is 11.6 Å². The van der Waals surface area contributed by atoms with Crippen molar-refractivity contribution in [2.45, 2.75) is 31.8 Å². The normalized spacial score (nSPS) is 21.1. The highest BCUT2D eigenvalue weighted by Gasteiger charge is 2.31. The fourth-order valence-electron chi connectivity index (χ4n) is 3.82. The zero-order valence-electron chi connectivity index (χ0n) is 13.9. The molecular formula is C20H20N3OS+. The molecule has 0 bridgehead atoms. The molecule has 0 saturated carbocycles. The Morgan fingerprint density at radius 3 is 2.72 bits per heavy atom. The van der Waals surface area contributed by atoms with Crippen LogP contribution >= 0.6 is 11.3 Å². The number of hydrogen-bond donors (Lipinski definition) is 1. The predicted molar refractivity (Wildman–Crippen MR) is 99.8 cm³/mol. The number of piperidine rings is 1. The summed E-state index contributed by atoms with van der Waals surface area (Å²) in [6, 6.07) is 16.9. The van der Waals surface area contributed by atoms with Crippen molar-refractivity contribution in [1.82, 2.24) is 9.97 Å². The zero-order chi connectivity index (χ0) is 16.6. The minimum absolute atomic E-state index is 0.446. The summed E-state index contributed by atoms with van der Waals surface area (Å²) in [4.78, 5) is 11.1. The van der Waals surface area contributed by atoms with Gasteiger partial charge < -0.3 is 9.32 Å². The number of thiazole rings is 1. The van der Waals surface area contributed by atoms with E-state index in [0.717, 1.165) is 35.6 Å². The number of benzene rings is 2. The molecule has 1 fully saturated rings. The first-order chi connectivity index (χ1) is 12.4. The second-order valence-electron chi connectivity index (χ2n) is 6.73. The molecule has 5 heteroatoms. The SMILES string of the molecule is c1ccc2oc(C[NH+]3CCCC[C@H]3c3nc4ccccc4s3)nc2c1. The molecule has 0 spiro atoms. The van der Waals surface area contributed by atoms with Crippen molar-refractivity contribution < 1.29 is 9.32 Å². The van der Waals surface area contributed by atoms with Gasteiger partial charge in [0.25, 0.3) is 5.89 Å². The molecule has 0 radical (unpaired) electrons. The van der Waals surface area contributed by atoms with Crippen LogP contribution in [-0.2, 0) is 6.54 Å². The zero-order valence-corrected chi connectivity index (χ0v) is 14.8. The Morgan fingerprint density at radius 1 is 1.00 bits per heavy atom.